The third-order valence-corrected chi connectivity index (χ3v) is 2.05. The highest BCUT2D eigenvalue weighted by atomic mass is 35.5. The molecule has 0 amide bonds. The molecular formula is C6H12ClN. The van der Waals surface area contributed by atoms with E-state index in [1.165, 1.54) is 25.8 Å². The smallest absolute Gasteiger partial charge is 0.0107 e. The molecule has 0 aromatic rings. The van der Waals surface area contributed by atoms with E-state index >= 15 is 0 Å². The van der Waals surface area contributed by atoms with Gasteiger partial charge in [0.25, 0.3) is 0 Å². The van der Waals surface area contributed by atoms with Gasteiger partial charge in [0.15, 0.2) is 0 Å². The van der Waals surface area contributed by atoms with Gasteiger partial charge in [0, 0.05) is 6.04 Å². The second-order valence-electron chi connectivity index (χ2n) is 2.69. The van der Waals surface area contributed by atoms with Crippen molar-refractivity contribution < 1.29 is 0 Å². The normalized spacial score (nSPS) is 35.2. The minimum atomic E-state index is 0. The average Bonchev–Trinajstić information content (AvgIpc) is 2.10. The van der Waals surface area contributed by atoms with Crippen molar-refractivity contribution in [1.29, 1.82) is 0 Å². The first-order valence-electron chi connectivity index (χ1n) is 3.20. The van der Waals surface area contributed by atoms with E-state index in [9.17, 15) is 0 Å². The van der Waals surface area contributed by atoms with Gasteiger partial charge in [-0.3, -0.25) is 0 Å². The molecule has 1 saturated heterocycles. The van der Waals surface area contributed by atoms with Gasteiger partial charge in [-0.25, -0.2) is 0 Å². The van der Waals surface area contributed by atoms with Crippen molar-refractivity contribution in [3.63, 3.8) is 0 Å². The zero-order valence-corrected chi connectivity index (χ0v) is 5.71. The maximum atomic E-state index is 3.41. The number of nitrogens with one attached hydrogen (secondary N) is 1. The van der Waals surface area contributed by atoms with E-state index in [4.69, 9.17) is 0 Å². The molecule has 1 atom stereocenters. The van der Waals surface area contributed by atoms with E-state index in [1.54, 1.807) is 0 Å². The van der Waals surface area contributed by atoms with Gasteiger partial charge in [-0.2, -0.15) is 0 Å². The van der Waals surface area contributed by atoms with Crippen LogP contribution in [0.5, 0.6) is 0 Å². The Labute approximate surface area is 56.3 Å². The summed E-state index contributed by atoms with van der Waals surface area (Å²) in [6.07, 6.45) is 4.44. The van der Waals surface area contributed by atoms with E-state index in [0.29, 0.717) is 0 Å². The molecule has 2 rings (SSSR count). The molecule has 0 spiro atoms. The number of hydrogen-bond acceptors (Lipinski definition) is 1. The summed E-state index contributed by atoms with van der Waals surface area (Å²) in [5.41, 5.74) is 0. The maximum absolute atomic E-state index is 3.41. The molecule has 1 saturated carbocycles. The van der Waals surface area contributed by atoms with E-state index in [2.05, 4.69) is 5.32 Å². The van der Waals surface area contributed by atoms with E-state index in [1.807, 2.05) is 0 Å². The summed E-state index contributed by atoms with van der Waals surface area (Å²) < 4.78 is 0. The molecule has 0 aromatic heterocycles. The Balaban J connectivity index is 0.000000320. The van der Waals surface area contributed by atoms with Crippen LogP contribution in [0.4, 0.5) is 0 Å². The summed E-state index contributed by atoms with van der Waals surface area (Å²) in [6.45, 7) is 1.28. The van der Waals surface area contributed by atoms with Gasteiger partial charge in [-0.05, 0) is 31.7 Å². The van der Waals surface area contributed by atoms with Crippen LogP contribution in [0.3, 0.4) is 0 Å². The third-order valence-electron chi connectivity index (χ3n) is 2.05. The second kappa shape index (κ2) is 2.24. The summed E-state index contributed by atoms with van der Waals surface area (Å²) in [5, 5.41) is 3.41. The van der Waals surface area contributed by atoms with Crippen molar-refractivity contribution in [1.82, 2.24) is 5.32 Å². The van der Waals surface area contributed by atoms with Crippen molar-refractivity contribution in [2.45, 2.75) is 25.3 Å². The van der Waals surface area contributed by atoms with Crippen LogP contribution in [0.25, 0.3) is 0 Å². The number of rotatable bonds is 1. The zero-order chi connectivity index (χ0) is 4.69. The van der Waals surface area contributed by atoms with Gasteiger partial charge in [-0.1, -0.05) is 0 Å². The summed E-state index contributed by atoms with van der Waals surface area (Å²) in [6, 6.07) is 0.944. The molecular weight excluding hydrogens is 122 g/mol. The summed E-state index contributed by atoms with van der Waals surface area (Å²) in [4.78, 5) is 0. The van der Waals surface area contributed by atoms with E-state index in [-0.39, 0.29) is 12.4 Å². The Morgan fingerprint density at radius 2 is 1.75 bits per heavy atom. The van der Waals surface area contributed by atoms with Crippen LogP contribution in [0.2, 0.25) is 0 Å². The molecule has 1 unspecified atom stereocenters. The van der Waals surface area contributed by atoms with Crippen molar-refractivity contribution in [2.75, 3.05) is 6.54 Å². The monoisotopic (exact) mass is 133 g/mol. The fourth-order valence-electron chi connectivity index (χ4n) is 1.21. The van der Waals surface area contributed by atoms with Gasteiger partial charge >= 0.3 is 0 Å². The molecule has 1 heterocycles. The van der Waals surface area contributed by atoms with Crippen molar-refractivity contribution in [3.8, 4) is 0 Å². The minimum absolute atomic E-state index is 0. The molecule has 48 valence electrons. The SMILES string of the molecule is C1CC(C2CC2)N1.Cl. The lowest BCUT2D eigenvalue weighted by Gasteiger charge is -2.27. The van der Waals surface area contributed by atoms with Gasteiger partial charge in [0.05, 0.1) is 0 Å². The highest BCUT2D eigenvalue weighted by Crippen LogP contribution is 2.35. The molecule has 1 N–H and O–H groups in total. The standard InChI is InChI=1S/C6H11N.ClH/c1-2-5(1)6-3-4-7-6;/h5-7H,1-4H2;1H. The van der Waals surface area contributed by atoms with E-state index in [0.717, 1.165) is 12.0 Å². The second-order valence-corrected chi connectivity index (χ2v) is 2.69. The highest BCUT2D eigenvalue weighted by Gasteiger charge is 2.34. The third kappa shape index (κ3) is 0.981. The van der Waals surface area contributed by atoms with Crippen molar-refractivity contribution in [3.05, 3.63) is 0 Å². The van der Waals surface area contributed by atoms with Crippen LogP contribution >= 0.6 is 12.4 Å². The molecule has 1 nitrogen and oxygen atoms in total. The predicted molar refractivity (Wildman–Crippen MR) is 36.4 cm³/mol. The van der Waals surface area contributed by atoms with Crippen LogP contribution in [-0.4, -0.2) is 12.6 Å². The fraction of sp³-hybridized carbons (Fsp3) is 1.00. The van der Waals surface area contributed by atoms with Crippen LogP contribution in [0.15, 0.2) is 0 Å². The van der Waals surface area contributed by atoms with Gasteiger partial charge in [-0.15, -0.1) is 12.4 Å². The molecule has 2 aliphatic rings. The lowest BCUT2D eigenvalue weighted by molar-refractivity contribution is 0.334. The highest BCUT2D eigenvalue weighted by molar-refractivity contribution is 5.85. The Morgan fingerprint density at radius 1 is 1.12 bits per heavy atom. The van der Waals surface area contributed by atoms with Crippen LogP contribution in [-0.2, 0) is 0 Å². The molecule has 0 aromatic carbocycles. The topological polar surface area (TPSA) is 12.0 Å². The molecule has 8 heavy (non-hydrogen) atoms. The van der Waals surface area contributed by atoms with Gasteiger partial charge < -0.3 is 5.32 Å². The van der Waals surface area contributed by atoms with Crippen molar-refractivity contribution >= 4 is 12.4 Å². The Hall–Kier alpha value is 0.250. The van der Waals surface area contributed by atoms with Crippen molar-refractivity contribution in [2.24, 2.45) is 5.92 Å². The first kappa shape index (κ1) is 6.37. The average molecular weight is 134 g/mol. The molecule has 0 radical (unpaired) electrons. The zero-order valence-electron chi connectivity index (χ0n) is 4.89. The molecule has 2 heteroatoms. The lowest BCUT2D eigenvalue weighted by Crippen LogP contribution is -2.44. The van der Waals surface area contributed by atoms with Crippen LogP contribution in [0, 0.1) is 5.92 Å². The van der Waals surface area contributed by atoms with Crippen LogP contribution in [0.1, 0.15) is 19.3 Å². The Kier molecular flexibility index (Phi) is 1.78. The summed E-state index contributed by atoms with van der Waals surface area (Å²) in [7, 11) is 0. The molecule has 0 bridgehead atoms. The quantitative estimate of drug-likeness (QED) is 0.567. The number of hydrogen-bond donors (Lipinski definition) is 1. The lowest BCUT2D eigenvalue weighted by atomic mass is 10.0. The summed E-state index contributed by atoms with van der Waals surface area (Å²) >= 11 is 0. The van der Waals surface area contributed by atoms with Gasteiger partial charge in [0.1, 0.15) is 0 Å². The maximum Gasteiger partial charge on any atom is 0.0107 e. The molecule has 2 fully saturated rings. The first-order chi connectivity index (χ1) is 3.47. The summed E-state index contributed by atoms with van der Waals surface area (Å²) in [5.74, 6) is 1.09. The molecule has 1 aliphatic heterocycles. The fourth-order valence-corrected chi connectivity index (χ4v) is 1.21. The van der Waals surface area contributed by atoms with Gasteiger partial charge in [0.2, 0.25) is 0 Å². The minimum Gasteiger partial charge on any atom is -0.314 e. The molecule has 1 aliphatic carbocycles. The largest absolute Gasteiger partial charge is 0.314 e. The Bertz CT molecular complexity index is 76.6. The number of halogens is 1. The predicted octanol–water partition coefficient (Wildman–Crippen LogP) is 1.18. The van der Waals surface area contributed by atoms with Crippen LogP contribution < -0.4 is 5.32 Å². The Morgan fingerprint density at radius 3 is 1.88 bits per heavy atom. The van der Waals surface area contributed by atoms with E-state index < -0.39 is 0 Å². The first-order valence-corrected chi connectivity index (χ1v) is 3.20.